The molecule has 0 saturated carbocycles. The molecule has 1 aliphatic carbocycles. The molecule has 7 aliphatic rings. The van der Waals surface area contributed by atoms with Gasteiger partial charge in [0.15, 0.2) is 17.1 Å². The lowest BCUT2D eigenvalue weighted by Gasteiger charge is -2.26. The number of likely N-dealkylation sites (N-methyl/N-ethyl adjacent to an activating group) is 3. The summed E-state index contributed by atoms with van der Waals surface area (Å²) in [6.07, 6.45) is 31.8. The van der Waals surface area contributed by atoms with Gasteiger partial charge < -0.3 is 14.7 Å². The molecule has 6 heteroatoms. The number of nitrogens with zero attached hydrogens (tertiary/aromatic N) is 6. The molecule has 15 rings (SSSR count). The summed E-state index contributed by atoms with van der Waals surface area (Å²) in [7, 11) is 13.2. The molecule has 0 bridgehead atoms. The molecule has 0 amide bonds. The summed E-state index contributed by atoms with van der Waals surface area (Å²) in [5.41, 5.74) is 31.4. The van der Waals surface area contributed by atoms with Crippen molar-refractivity contribution in [1.82, 2.24) is 0 Å². The van der Waals surface area contributed by atoms with Crippen molar-refractivity contribution in [3.8, 4) is 0 Å². The molecular formula is C103H121N6+3. The van der Waals surface area contributed by atoms with Crippen LogP contribution in [0.1, 0.15) is 177 Å². The molecule has 8 aromatic carbocycles. The van der Waals surface area contributed by atoms with Gasteiger partial charge in [0.05, 0.1) is 16.2 Å². The molecule has 0 fully saturated rings. The van der Waals surface area contributed by atoms with E-state index in [1.165, 1.54) is 158 Å². The van der Waals surface area contributed by atoms with Crippen LogP contribution < -0.4 is 14.7 Å². The van der Waals surface area contributed by atoms with Crippen molar-refractivity contribution in [3.63, 3.8) is 0 Å². The molecule has 0 N–H and O–H groups in total. The second kappa shape index (κ2) is 29.5. The smallest absolute Gasteiger partial charge is 0.210 e. The van der Waals surface area contributed by atoms with E-state index in [-0.39, 0.29) is 32.5 Å². The Bertz CT molecular complexity index is 5400. The molecule has 6 nitrogen and oxygen atoms in total. The van der Waals surface area contributed by atoms with Gasteiger partial charge in [0.2, 0.25) is 17.1 Å². The van der Waals surface area contributed by atoms with Crippen LogP contribution in [-0.4, -0.2) is 73.1 Å². The van der Waals surface area contributed by atoms with Crippen LogP contribution in [0.15, 0.2) is 288 Å². The number of fused-ring (bicyclic) bond motifs is 10. The Morgan fingerprint density at radius 1 is 0.358 bits per heavy atom. The van der Waals surface area contributed by atoms with E-state index < -0.39 is 0 Å². The van der Waals surface area contributed by atoms with Crippen LogP contribution >= 0.6 is 0 Å². The molecule has 109 heavy (non-hydrogen) atoms. The van der Waals surface area contributed by atoms with Crippen molar-refractivity contribution < 1.29 is 13.7 Å². The SMILES string of the molecule is CC(C)C(/C=C/C1=[N+](C)c2ccc3ccccc3c2C1(C)C)=C\C=C1/N(C)c2ccc3ccccc3c2C1(C)C.CC(C)C(/C=C/C1=[N+](C)c2ccccc2C1(C)C)=C\C=C1/N(C)c2ccccc2C1(C)C.CC(C)C1=C(/C=C/C2=[N+](C)c3ccccc3C2(C)C)CCC/C1=C\C=C1\N(C)c2ccccc2C1(C)C. The van der Waals surface area contributed by atoms with Crippen LogP contribution in [0.5, 0.6) is 0 Å². The normalized spacial score (nSPS) is 20.7. The van der Waals surface area contributed by atoms with Crippen molar-refractivity contribution in [3.05, 3.63) is 321 Å². The average molecular weight is 1440 g/mol. The first-order chi connectivity index (χ1) is 51.6. The maximum absolute atomic E-state index is 2.43. The van der Waals surface area contributed by atoms with Gasteiger partial charge in [-0.25, -0.2) is 0 Å². The number of allylic oxidation sites excluding steroid dienone is 20. The maximum Gasteiger partial charge on any atom is 0.210 e. The summed E-state index contributed by atoms with van der Waals surface area (Å²) in [6.45, 7) is 42.0. The quantitative estimate of drug-likeness (QED) is 0.0897. The fourth-order valence-corrected chi connectivity index (χ4v) is 19.6. The molecule has 6 aliphatic heterocycles. The van der Waals surface area contributed by atoms with Gasteiger partial charge in [-0.3, -0.25) is 0 Å². The third-order valence-electron chi connectivity index (χ3n) is 25.7. The molecule has 0 unspecified atom stereocenters. The number of hydrogen-bond acceptors (Lipinski definition) is 3. The third kappa shape index (κ3) is 13.6. The van der Waals surface area contributed by atoms with Crippen LogP contribution in [-0.2, 0) is 32.5 Å². The monoisotopic (exact) mass is 1440 g/mol. The summed E-state index contributed by atoms with van der Waals surface area (Å²) in [6, 6.07) is 61.7. The van der Waals surface area contributed by atoms with Gasteiger partial charge in [-0.05, 0) is 187 Å². The van der Waals surface area contributed by atoms with Crippen LogP contribution in [0.2, 0.25) is 0 Å². The Labute approximate surface area is 654 Å². The van der Waals surface area contributed by atoms with E-state index in [2.05, 4.69) is 438 Å². The Morgan fingerprint density at radius 3 is 1.25 bits per heavy atom. The summed E-state index contributed by atoms with van der Waals surface area (Å²) in [4.78, 5) is 7.10. The minimum Gasteiger partial charge on any atom is -0.347 e. The molecule has 0 spiro atoms. The van der Waals surface area contributed by atoms with Crippen LogP contribution in [0.4, 0.5) is 34.1 Å². The zero-order chi connectivity index (χ0) is 78.2. The fourth-order valence-electron chi connectivity index (χ4n) is 19.6. The fraction of sp³-hybridized carbons (Fsp3) is 0.350. The lowest BCUT2D eigenvalue weighted by atomic mass is 9.78. The first kappa shape index (κ1) is 77.3. The first-order valence-corrected chi connectivity index (χ1v) is 40.2. The van der Waals surface area contributed by atoms with Crippen molar-refractivity contribution in [2.75, 3.05) is 57.0 Å². The third-order valence-corrected chi connectivity index (χ3v) is 25.7. The highest BCUT2D eigenvalue weighted by atomic mass is 15.2. The summed E-state index contributed by atoms with van der Waals surface area (Å²) in [5, 5.41) is 5.31. The molecular weight excluding hydrogens is 1320 g/mol. The highest BCUT2D eigenvalue weighted by Crippen LogP contribution is 2.53. The molecule has 8 aromatic rings. The van der Waals surface area contributed by atoms with E-state index in [9.17, 15) is 0 Å². The molecule has 6 heterocycles. The lowest BCUT2D eigenvalue weighted by molar-refractivity contribution is -0.401. The van der Waals surface area contributed by atoms with E-state index in [0.717, 1.165) is 12.8 Å². The largest absolute Gasteiger partial charge is 0.347 e. The molecule has 0 aromatic heterocycles. The summed E-state index contributed by atoms with van der Waals surface area (Å²) >= 11 is 0. The first-order valence-electron chi connectivity index (χ1n) is 40.2. The zero-order valence-corrected chi connectivity index (χ0v) is 70.1. The Morgan fingerprint density at radius 2 is 0.761 bits per heavy atom. The molecule has 0 atom stereocenters. The van der Waals surface area contributed by atoms with E-state index in [1.54, 1.807) is 0 Å². The van der Waals surface area contributed by atoms with Gasteiger partial charge in [0.25, 0.3) is 0 Å². The van der Waals surface area contributed by atoms with Crippen LogP contribution in [0, 0.1) is 17.8 Å². The maximum atomic E-state index is 2.43. The van der Waals surface area contributed by atoms with Crippen molar-refractivity contribution in [2.24, 2.45) is 17.8 Å². The second-order valence-electron chi connectivity index (χ2n) is 35.6. The molecule has 0 saturated heterocycles. The predicted octanol–water partition coefficient (Wildman–Crippen LogP) is 25.2. The standard InChI is InChI=1S/C38H41N2.C35H43N2.C30H37N2/c1-25(2)26(19-23-33-37(3,4)35-29-15-11-9-13-27(29)17-21-31(35)39(33)7)20-24-34-38(5,6)36-30-16-12-10-14-28(30)18-22-32(36)40(34)8;1-24(2)33-25(20-22-31-34(3,4)27-16-9-11-18-29(27)36(31)7)14-13-15-26(33)21-23-32-35(5,6)28-17-10-12-19-30(28)37(32)8;1-21(2)22(17-19-27-29(3,4)23-13-9-11-15-25(23)31(27)7)18-20-28-30(5,6)24-14-10-12-16-26(24)32(28)8/h9-25H,1-8H3;9-12,16-24H,13-15H2,1-8H3;9-21H,1-8H3/q3*+1. The topological polar surface area (TPSA) is 18.8 Å². The van der Waals surface area contributed by atoms with E-state index in [0.29, 0.717) is 17.8 Å². The second-order valence-corrected chi connectivity index (χ2v) is 35.6. The van der Waals surface area contributed by atoms with Crippen LogP contribution in [0.25, 0.3) is 21.5 Å². The number of para-hydroxylation sites is 4. The van der Waals surface area contributed by atoms with E-state index in [4.69, 9.17) is 0 Å². The molecule has 0 radical (unpaired) electrons. The van der Waals surface area contributed by atoms with Crippen molar-refractivity contribution in [2.45, 2.75) is 176 Å². The number of hydrogen-bond donors (Lipinski definition) is 0. The highest BCUT2D eigenvalue weighted by molar-refractivity contribution is 6.08. The number of anilines is 3. The van der Waals surface area contributed by atoms with Gasteiger partial charge in [-0.15, -0.1) is 0 Å². The van der Waals surface area contributed by atoms with Gasteiger partial charge in [-0.2, -0.15) is 13.7 Å². The van der Waals surface area contributed by atoms with Gasteiger partial charge >= 0.3 is 0 Å². The van der Waals surface area contributed by atoms with Gasteiger partial charge in [0, 0.05) is 125 Å². The Balaban J connectivity index is 0.000000145. The van der Waals surface area contributed by atoms with E-state index >= 15 is 0 Å². The summed E-state index contributed by atoms with van der Waals surface area (Å²) in [5.74, 6) is 1.34. The predicted molar refractivity (Wildman–Crippen MR) is 471 cm³/mol. The number of benzene rings is 8. The minimum absolute atomic E-state index is 0.00228. The Hall–Kier alpha value is -9.91. The highest BCUT2D eigenvalue weighted by Gasteiger charge is 2.47. The van der Waals surface area contributed by atoms with Crippen molar-refractivity contribution >= 4 is 72.8 Å². The van der Waals surface area contributed by atoms with Crippen LogP contribution in [0.3, 0.4) is 0 Å². The summed E-state index contributed by atoms with van der Waals surface area (Å²) < 4.78 is 7.10. The zero-order valence-electron chi connectivity index (χ0n) is 70.1. The van der Waals surface area contributed by atoms with Crippen molar-refractivity contribution in [1.29, 1.82) is 0 Å². The average Bonchev–Trinajstić information content (AvgIpc) is 1.58. The van der Waals surface area contributed by atoms with E-state index in [1.807, 2.05) is 0 Å². The number of rotatable bonds is 12. The minimum atomic E-state index is -0.0850. The lowest BCUT2D eigenvalue weighted by Crippen LogP contribution is -2.27. The van der Waals surface area contributed by atoms with Gasteiger partial charge in [0.1, 0.15) is 21.1 Å². The Kier molecular flexibility index (Phi) is 20.9. The van der Waals surface area contributed by atoms with Gasteiger partial charge in [-0.1, -0.05) is 247 Å². The molecule has 560 valence electrons.